The van der Waals surface area contributed by atoms with Crippen LogP contribution in [0.3, 0.4) is 0 Å². The average Bonchev–Trinajstić information content (AvgIpc) is 2.89. The van der Waals surface area contributed by atoms with Gasteiger partial charge in [-0.05, 0) is 61.5 Å². The van der Waals surface area contributed by atoms with Gasteiger partial charge < -0.3 is 4.90 Å². The van der Waals surface area contributed by atoms with Crippen molar-refractivity contribution in [1.82, 2.24) is 9.88 Å². The molecule has 4 rings (SSSR count). The van der Waals surface area contributed by atoms with Crippen LogP contribution in [0, 0.1) is 7.05 Å². The van der Waals surface area contributed by atoms with Crippen molar-refractivity contribution in [1.29, 1.82) is 0 Å². The van der Waals surface area contributed by atoms with Gasteiger partial charge in [-0.3, -0.25) is 12.0 Å². The molecule has 0 radical (unpaired) electrons. The number of aryl methyl sites for hydroxylation is 2. The van der Waals surface area contributed by atoms with E-state index < -0.39 is 0 Å². The number of fused-ring (bicyclic) bond motifs is 2. The maximum Gasteiger partial charge on any atom is 0.0739 e. The molecule has 2 nitrogen and oxygen atoms in total. The quantitative estimate of drug-likeness (QED) is 0.391. The topological polar surface area (TPSA) is 16.1 Å². The van der Waals surface area contributed by atoms with Gasteiger partial charge in [0.2, 0.25) is 0 Å². The van der Waals surface area contributed by atoms with E-state index in [9.17, 15) is 0 Å². The van der Waals surface area contributed by atoms with E-state index in [1.165, 1.54) is 28.0 Å². The molecule has 1 aliphatic heterocycles. The first-order chi connectivity index (χ1) is 12.8. The van der Waals surface area contributed by atoms with Crippen LogP contribution in [-0.4, -0.2) is 23.0 Å². The molecule has 1 aliphatic carbocycles. The van der Waals surface area contributed by atoms with Gasteiger partial charge in [-0.1, -0.05) is 63.6 Å². The molecule has 146 valence electrons. The standard InChI is InChI=1S/C20H21N2.2C2H6.W/c1-22-13-10-16(11-14-22)19-18-7-3-2-5-15(18)8-9-17-6-4-12-21-20(17)19;2*1-2;/h2-7,12H,1,8-11,13-14H2;2*1-2H3;/q-1;;;. The summed E-state index contributed by atoms with van der Waals surface area (Å²) in [5, 5.41) is 0. The van der Waals surface area contributed by atoms with Crippen LogP contribution in [0.1, 0.15) is 62.9 Å². The van der Waals surface area contributed by atoms with Gasteiger partial charge in [0.1, 0.15) is 0 Å². The zero-order valence-electron chi connectivity index (χ0n) is 17.3. The number of hydrogen-bond donors (Lipinski definition) is 0. The Morgan fingerprint density at radius 3 is 2.11 bits per heavy atom. The third kappa shape index (κ3) is 5.62. The van der Waals surface area contributed by atoms with Gasteiger partial charge in [-0.2, -0.15) is 0 Å². The largest absolute Gasteiger partial charge is 0.459 e. The zero-order valence-corrected chi connectivity index (χ0v) is 20.2. The van der Waals surface area contributed by atoms with E-state index in [0.717, 1.165) is 38.8 Å². The summed E-state index contributed by atoms with van der Waals surface area (Å²) in [6.07, 6.45) is 6.32. The molecule has 3 heteroatoms. The maximum absolute atomic E-state index is 4.77. The van der Waals surface area contributed by atoms with E-state index in [1.54, 1.807) is 5.57 Å². The monoisotopic (exact) mass is 533 g/mol. The predicted octanol–water partition coefficient (Wildman–Crippen LogP) is 5.92. The number of pyridine rings is 1. The van der Waals surface area contributed by atoms with E-state index in [-0.39, 0.29) is 21.1 Å². The summed E-state index contributed by atoms with van der Waals surface area (Å²) in [6, 6.07) is 13.2. The second-order valence-electron chi connectivity index (χ2n) is 6.26. The van der Waals surface area contributed by atoms with E-state index in [4.69, 9.17) is 4.98 Å². The molecule has 0 unspecified atom stereocenters. The van der Waals surface area contributed by atoms with Gasteiger partial charge in [0.05, 0.1) is 5.69 Å². The van der Waals surface area contributed by atoms with Gasteiger partial charge in [-0.25, -0.2) is 0 Å². The number of benzene rings is 1. The molecule has 0 atom stereocenters. The number of aromatic nitrogens is 1. The van der Waals surface area contributed by atoms with Crippen molar-refractivity contribution in [2.75, 3.05) is 13.1 Å². The Labute approximate surface area is 180 Å². The zero-order chi connectivity index (χ0) is 18.9. The van der Waals surface area contributed by atoms with Crippen molar-refractivity contribution >= 4 is 5.57 Å². The minimum absolute atomic E-state index is 0. The third-order valence-electron chi connectivity index (χ3n) is 4.89. The Morgan fingerprint density at radius 2 is 1.41 bits per heavy atom. The van der Waals surface area contributed by atoms with Crippen molar-refractivity contribution in [2.24, 2.45) is 0 Å². The van der Waals surface area contributed by atoms with Crippen molar-refractivity contribution in [3.63, 3.8) is 0 Å². The molecule has 1 saturated heterocycles. The first kappa shape index (κ1) is 23.8. The summed E-state index contributed by atoms with van der Waals surface area (Å²) in [5.74, 6) is 0. The molecule has 27 heavy (non-hydrogen) atoms. The molecule has 0 amide bonds. The van der Waals surface area contributed by atoms with Crippen molar-refractivity contribution in [3.05, 3.63) is 77.6 Å². The number of nitrogens with zero attached hydrogens (tertiary/aromatic N) is 2. The molecule has 0 spiro atoms. The number of likely N-dealkylation sites (tertiary alicyclic amines) is 1. The second kappa shape index (κ2) is 12.3. The summed E-state index contributed by atoms with van der Waals surface area (Å²) >= 11 is 0. The molecule has 1 fully saturated rings. The van der Waals surface area contributed by atoms with E-state index in [2.05, 4.69) is 48.3 Å². The Morgan fingerprint density at radius 1 is 0.815 bits per heavy atom. The molecule has 0 saturated carbocycles. The number of rotatable bonds is 0. The predicted molar refractivity (Wildman–Crippen MR) is 113 cm³/mol. The fourth-order valence-corrected chi connectivity index (χ4v) is 3.68. The Hall–Kier alpha value is -1.24. The molecule has 2 aromatic rings. The molecule has 2 aliphatic rings. The van der Waals surface area contributed by atoms with Gasteiger partial charge in [0, 0.05) is 32.8 Å². The van der Waals surface area contributed by atoms with E-state index >= 15 is 0 Å². The van der Waals surface area contributed by atoms with Crippen LogP contribution < -0.4 is 0 Å². The summed E-state index contributed by atoms with van der Waals surface area (Å²) in [7, 11) is 4.08. The van der Waals surface area contributed by atoms with Crippen LogP contribution in [0.4, 0.5) is 0 Å². The molecule has 2 heterocycles. The van der Waals surface area contributed by atoms with Crippen LogP contribution in [-0.2, 0) is 33.9 Å². The van der Waals surface area contributed by atoms with Gasteiger partial charge in [-0.15, -0.1) is 0 Å². The van der Waals surface area contributed by atoms with E-state index in [0.29, 0.717) is 0 Å². The Kier molecular flexibility index (Phi) is 10.8. The van der Waals surface area contributed by atoms with E-state index in [1.807, 2.05) is 33.9 Å². The van der Waals surface area contributed by atoms with Crippen molar-refractivity contribution < 1.29 is 21.1 Å². The normalized spacial score (nSPS) is 15.6. The van der Waals surface area contributed by atoms with Crippen LogP contribution in [0.15, 0.2) is 48.2 Å². The summed E-state index contributed by atoms with van der Waals surface area (Å²) in [4.78, 5) is 6.94. The second-order valence-corrected chi connectivity index (χ2v) is 6.26. The van der Waals surface area contributed by atoms with Crippen LogP contribution in [0.2, 0.25) is 0 Å². The molecular formula is C24H33N2W-. The average molecular weight is 533 g/mol. The third-order valence-corrected chi connectivity index (χ3v) is 4.89. The van der Waals surface area contributed by atoms with Gasteiger partial charge >= 0.3 is 0 Å². The van der Waals surface area contributed by atoms with Crippen LogP contribution in [0.5, 0.6) is 0 Å². The fraction of sp³-hybridized carbons (Fsp3) is 0.417. The molecule has 1 aromatic carbocycles. The smallest absolute Gasteiger partial charge is 0.0739 e. The van der Waals surface area contributed by atoms with Gasteiger partial charge in [0.25, 0.3) is 0 Å². The number of hydrogen-bond acceptors (Lipinski definition) is 2. The summed E-state index contributed by atoms with van der Waals surface area (Å²) < 4.78 is 0. The number of piperidine rings is 1. The molecule has 1 aromatic heterocycles. The maximum atomic E-state index is 4.77. The summed E-state index contributed by atoms with van der Waals surface area (Å²) in [6.45, 7) is 10.1. The Balaban J connectivity index is 0.000000686. The minimum atomic E-state index is 0. The van der Waals surface area contributed by atoms with Gasteiger partial charge in [0.15, 0.2) is 0 Å². The first-order valence-electron chi connectivity index (χ1n) is 10.1. The van der Waals surface area contributed by atoms with Crippen LogP contribution >= 0.6 is 0 Å². The molecular weight excluding hydrogens is 500 g/mol. The Bertz CT molecular complexity index is 677. The van der Waals surface area contributed by atoms with Crippen LogP contribution in [0.25, 0.3) is 5.57 Å². The minimum Gasteiger partial charge on any atom is -0.459 e. The fourth-order valence-electron chi connectivity index (χ4n) is 3.68. The van der Waals surface area contributed by atoms with Crippen molar-refractivity contribution in [3.8, 4) is 0 Å². The summed E-state index contributed by atoms with van der Waals surface area (Å²) in [5.41, 5.74) is 8.40. The first-order valence-corrected chi connectivity index (χ1v) is 10.1. The SMILES string of the molecule is CC.CC.[CH2-]N1CCC(=C2c3ccccc3CCc3cccnc32)CC1.[W]. The van der Waals surface area contributed by atoms with Crippen molar-refractivity contribution in [2.45, 2.75) is 53.4 Å². The molecule has 0 bridgehead atoms. The molecule has 0 N–H and O–H groups in total.